The van der Waals surface area contributed by atoms with Crippen LogP contribution in [0.15, 0.2) is 59.9 Å². The smallest absolute Gasteiger partial charge is 0.255 e. The van der Waals surface area contributed by atoms with Crippen molar-refractivity contribution >= 4 is 34.4 Å². The Morgan fingerprint density at radius 1 is 1.10 bits per heavy atom. The summed E-state index contributed by atoms with van der Waals surface area (Å²) in [5.74, 6) is 1.28. The second kappa shape index (κ2) is 9.39. The van der Waals surface area contributed by atoms with E-state index < -0.39 is 6.04 Å². The van der Waals surface area contributed by atoms with Gasteiger partial charge in [-0.3, -0.25) is 14.5 Å². The lowest BCUT2D eigenvalue weighted by Crippen LogP contribution is -2.62. The summed E-state index contributed by atoms with van der Waals surface area (Å²) in [5, 5.41) is 5.27. The van der Waals surface area contributed by atoms with E-state index >= 15 is 0 Å². The zero-order valence-corrected chi connectivity index (χ0v) is 21.8. The number of rotatable bonds is 6. The molecule has 0 N–H and O–H groups in total. The van der Waals surface area contributed by atoms with Crippen LogP contribution in [-0.4, -0.2) is 72.4 Å². The Morgan fingerprint density at radius 3 is 2.77 bits per heavy atom. The Hall–Kier alpha value is -4.44. The number of pyridine rings is 1. The number of ether oxygens (including phenoxy) is 3. The minimum Gasteiger partial charge on any atom is -0.497 e. The molecular weight excluding hydrogens is 496 g/mol. The van der Waals surface area contributed by atoms with E-state index in [1.807, 2.05) is 48.6 Å². The SMILES string of the molecule is COc1ccc(COCC2CN=CC3C(=O)N4CCOc5nc6cc(-c7cnn(C)c7)ccc6c(c54)N23)cc1. The standard InChI is InChI=1S/C29H28N6O4/c1-33-15-20(12-31-33)19-5-8-23-24(11-19)32-28-27-26(23)35-21(17-38-16-18-3-6-22(37-2)7-4-18)13-30-14-25(35)29(36)34(27)9-10-39-28/h3-8,11-12,14-15,21,25H,9-10,13,16-17H2,1-2H3. The molecule has 2 atom stereocenters. The van der Waals surface area contributed by atoms with E-state index in [2.05, 4.69) is 33.2 Å². The Morgan fingerprint density at radius 2 is 1.97 bits per heavy atom. The Kier molecular flexibility index (Phi) is 5.70. The highest BCUT2D eigenvalue weighted by Crippen LogP contribution is 2.49. The molecular formula is C29H28N6O4. The van der Waals surface area contributed by atoms with E-state index in [9.17, 15) is 4.79 Å². The molecule has 0 radical (unpaired) electrons. The highest BCUT2D eigenvalue weighted by molar-refractivity contribution is 6.19. The number of carbonyl (C=O) groups excluding carboxylic acids is 1. The van der Waals surface area contributed by atoms with Gasteiger partial charge < -0.3 is 24.0 Å². The van der Waals surface area contributed by atoms with Gasteiger partial charge in [-0.1, -0.05) is 24.3 Å². The number of fused-ring (bicyclic) bond motifs is 4. The third-order valence-corrected chi connectivity index (χ3v) is 7.53. The summed E-state index contributed by atoms with van der Waals surface area (Å²) in [5.41, 5.74) is 5.57. The van der Waals surface area contributed by atoms with Crippen LogP contribution in [0.25, 0.3) is 22.0 Å². The van der Waals surface area contributed by atoms with Crippen molar-refractivity contribution in [2.45, 2.75) is 18.7 Å². The summed E-state index contributed by atoms with van der Waals surface area (Å²) in [6, 6.07) is 13.4. The number of aliphatic imine (C=N–C) groups is 1. The fraction of sp³-hybridized carbons (Fsp3) is 0.310. The molecule has 0 fully saturated rings. The van der Waals surface area contributed by atoms with Crippen molar-refractivity contribution in [2.24, 2.45) is 12.0 Å². The molecule has 2 aromatic heterocycles. The van der Waals surface area contributed by atoms with Crippen LogP contribution in [-0.2, 0) is 23.2 Å². The summed E-state index contributed by atoms with van der Waals surface area (Å²) >= 11 is 0. The second-order valence-electron chi connectivity index (χ2n) is 9.97. The summed E-state index contributed by atoms with van der Waals surface area (Å²) < 4.78 is 19.2. The molecule has 0 aliphatic carbocycles. The predicted octanol–water partition coefficient (Wildman–Crippen LogP) is 3.23. The molecule has 7 rings (SSSR count). The van der Waals surface area contributed by atoms with Crippen molar-refractivity contribution in [2.75, 3.05) is 43.2 Å². The number of methoxy groups -OCH3 is 1. The fourth-order valence-corrected chi connectivity index (χ4v) is 5.64. The Balaban J connectivity index is 1.27. The molecule has 10 nitrogen and oxygen atoms in total. The van der Waals surface area contributed by atoms with Gasteiger partial charge in [0.15, 0.2) is 0 Å². The number of aromatic nitrogens is 3. The van der Waals surface area contributed by atoms with Gasteiger partial charge in [-0.15, -0.1) is 0 Å². The van der Waals surface area contributed by atoms with Crippen molar-refractivity contribution in [1.82, 2.24) is 14.8 Å². The maximum Gasteiger partial charge on any atom is 0.255 e. The number of benzene rings is 2. The summed E-state index contributed by atoms with van der Waals surface area (Å²) in [7, 11) is 3.55. The third kappa shape index (κ3) is 3.99. The lowest BCUT2D eigenvalue weighted by molar-refractivity contribution is -0.119. The molecule has 39 heavy (non-hydrogen) atoms. The molecule has 0 saturated carbocycles. The first kappa shape index (κ1) is 23.7. The highest BCUT2D eigenvalue weighted by atomic mass is 16.5. The van der Waals surface area contributed by atoms with Crippen LogP contribution >= 0.6 is 0 Å². The van der Waals surface area contributed by atoms with Crippen LogP contribution in [0.5, 0.6) is 11.6 Å². The minimum absolute atomic E-state index is 0.0104. The Labute approximate surface area is 225 Å². The van der Waals surface area contributed by atoms with Crippen LogP contribution in [0.3, 0.4) is 0 Å². The summed E-state index contributed by atoms with van der Waals surface area (Å²) in [6.45, 7) is 2.28. The van der Waals surface area contributed by atoms with Crippen molar-refractivity contribution in [3.63, 3.8) is 0 Å². The van der Waals surface area contributed by atoms with E-state index in [1.165, 1.54) is 0 Å². The second-order valence-corrected chi connectivity index (χ2v) is 9.97. The van der Waals surface area contributed by atoms with E-state index in [-0.39, 0.29) is 11.9 Å². The lowest BCUT2D eigenvalue weighted by atomic mass is 9.97. The van der Waals surface area contributed by atoms with Crippen molar-refractivity contribution < 1.29 is 19.0 Å². The van der Waals surface area contributed by atoms with Crippen LogP contribution in [0.1, 0.15) is 5.56 Å². The van der Waals surface area contributed by atoms with E-state index in [4.69, 9.17) is 19.2 Å². The molecule has 0 saturated heterocycles. The molecule has 10 heteroatoms. The minimum atomic E-state index is -0.504. The van der Waals surface area contributed by atoms with Gasteiger partial charge in [0, 0.05) is 30.4 Å². The molecule has 2 unspecified atom stereocenters. The third-order valence-electron chi connectivity index (χ3n) is 7.53. The van der Waals surface area contributed by atoms with E-state index in [1.54, 1.807) is 18.0 Å². The molecule has 5 heterocycles. The van der Waals surface area contributed by atoms with Crippen LogP contribution in [0.2, 0.25) is 0 Å². The summed E-state index contributed by atoms with van der Waals surface area (Å²) in [4.78, 5) is 27.1. The predicted molar refractivity (Wildman–Crippen MR) is 148 cm³/mol. The van der Waals surface area contributed by atoms with Gasteiger partial charge in [-0.2, -0.15) is 5.10 Å². The average Bonchev–Trinajstić information content (AvgIpc) is 3.41. The monoisotopic (exact) mass is 524 g/mol. The summed E-state index contributed by atoms with van der Waals surface area (Å²) in [6.07, 6.45) is 5.60. The molecule has 0 bridgehead atoms. The topological polar surface area (TPSA) is 94.3 Å². The fourth-order valence-electron chi connectivity index (χ4n) is 5.64. The van der Waals surface area contributed by atoms with Gasteiger partial charge in [-0.25, -0.2) is 4.98 Å². The van der Waals surface area contributed by atoms with Crippen LogP contribution in [0, 0.1) is 0 Å². The maximum atomic E-state index is 13.7. The van der Waals surface area contributed by atoms with E-state index in [0.29, 0.717) is 38.8 Å². The molecule has 198 valence electrons. The number of carbonyl (C=O) groups is 1. The van der Waals surface area contributed by atoms with Crippen LogP contribution < -0.4 is 19.3 Å². The molecule has 2 aromatic carbocycles. The lowest BCUT2D eigenvalue weighted by Gasteiger charge is -2.48. The van der Waals surface area contributed by atoms with Gasteiger partial charge in [0.2, 0.25) is 5.88 Å². The molecule has 4 aromatic rings. The van der Waals surface area contributed by atoms with Gasteiger partial charge >= 0.3 is 0 Å². The number of aryl methyl sites for hydroxylation is 1. The number of anilines is 2. The van der Waals surface area contributed by atoms with Gasteiger partial charge in [0.1, 0.15) is 24.1 Å². The normalized spacial score (nSPS) is 19.6. The number of nitrogens with zero attached hydrogens (tertiary/aromatic N) is 6. The first-order valence-corrected chi connectivity index (χ1v) is 13.0. The zero-order chi connectivity index (χ0) is 26.5. The Bertz CT molecular complexity index is 1600. The molecule has 3 aliphatic rings. The molecule has 0 spiro atoms. The van der Waals surface area contributed by atoms with Crippen molar-refractivity contribution in [1.29, 1.82) is 0 Å². The maximum absolute atomic E-state index is 13.7. The van der Waals surface area contributed by atoms with Gasteiger partial charge in [0.05, 0.1) is 56.9 Å². The van der Waals surface area contributed by atoms with Crippen molar-refractivity contribution in [3.05, 3.63) is 60.4 Å². The van der Waals surface area contributed by atoms with Gasteiger partial charge in [-0.05, 0) is 29.3 Å². The van der Waals surface area contributed by atoms with E-state index in [0.717, 1.165) is 44.7 Å². The first-order valence-electron chi connectivity index (χ1n) is 13.0. The number of hydrogen-bond acceptors (Lipinski definition) is 8. The van der Waals surface area contributed by atoms with Crippen LogP contribution in [0.4, 0.5) is 11.4 Å². The van der Waals surface area contributed by atoms with Gasteiger partial charge in [0.25, 0.3) is 5.91 Å². The van der Waals surface area contributed by atoms with Crippen molar-refractivity contribution in [3.8, 4) is 22.8 Å². The largest absolute Gasteiger partial charge is 0.497 e. The number of amides is 1. The average molecular weight is 525 g/mol. The molecule has 3 aliphatic heterocycles. The quantitative estimate of drug-likeness (QED) is 0.382. The first-order chi connectivity index (χ1) is 19.1. The molecule has 1 amide bonds. The number of hydrogen-bond donors (Lipinski definition) is 0. The highest BCUT2D eigenvalue weighted by Gasteiger charge is 2.46. The zero-order valence-electron chi connectivity index (χ0n) is 21.8.